The van der Waals surface area contributed by atoms with Crippen molar-refractivity contribution in [3.05, 3.63) is 57.8 Å². The summed E-state index contributed by atoms with van der Waals surface area (Å²) in [5.74, 6) is -0.723. The fourth-order valence-electron chi connectivity index (χ4n) is 2.84. The second-order valence-corrected chi connectivity index (χ2v) is 5.43. The molecule has 0 aliphatic carbocycles. The first-order chi connectivity index (χ1) is 11.2. The molecule has 2 aromatic heterocycles. The van der Waals surface area contributed by atoms with Crippen LogP contribution in [0.3, 0.4) is 0 Å². The number of nitrogens with zero attached hydrogens (tertiary/aromatic N) is 1. The number of carbonyl (C=O) groups excluding carboxylic acids is 1. The molecule has 3 N–H and O–H groups in total. The molecule has 1 amide bonds. The van der Waals surface area contributed by atoms with Gasteiger partial charge in [-0.1, -0.05) is 0 Å². The van der Waals surface area contributed by atoms with Crippen LogP contribution in [0, 0.1) is 0 Å². The highest BCUT2D eigenvalue weighted by Crippen LogP contribution is 2.20. The van der Waals surface area contributed by atoms with E-state index in [-0.39, 0.29) is 5.91 Å². The number of anilines is 1. The summed E-state index contributed by atoms with van der Waals surface area (Å²) >= 11 is 0. The first-order valence-electron chi connectivity index (χ1n) is 7.31. The number of carbonyl (C=O) groups is 1. The van der Waals surface area contributed by atoms with Crippen LogP contribution in [0.25, 0.3) is 11.1 Å². The minimum absolute atomic E-state index is 0.207. The third-order valence-corrected chi connectivity index (χ3v) is 3.94. The summed E-state index contributed by atoms with van der Waals surface area (Å²) in [5, 5.41) is 6.11. The van der Waals surface area contributed by atoms with Crippen LogP contribution in [-0.4, -0.2) is 22.4 Å². The highest BCUT2D eigenvalue weighted by atomic mass is 16.4. The molecule has 4 rings (SSSR count). The van der Waals surface area contributed by atoms with Crippen molar-refractivity contribution < 1.29 is 9.21 Å². The molecule has 0 spiro atoms. The van der Waals surface area contributed by atoms with Gasteiger partial charge < -0.3 is 15.1 Å². The lowest BCUT2D eigenvalue weighted by Crippen LogP contribution is -2.27. The Morgan fingerprint density at radius 1 is 1.30 bits per heavy atom. The molecule has 3 heterocycles. The Balaban J connectivity index is 1.65. The predicted molar refractivity (Wildman–Crippen MR) is 84.4 cm³/mol. The van der Waals surface area contributed by atoms with Gasteiger partial charge in [0.2, 0.25) is 0 Å². The number of amides is 1. The highest BCUT2D eigenvalue weighted by Gasteiger charge is 2.18. The van der Waals surface area contributed by atoms with E-state index in [0.29, 0.717) is 22.4 Å². The molecular formula is C16H14N4O3. The zero-order chi connectivity index (χ0) is 15.8. The third kappa shape index (κ3) is 2.51. The van der Waals surface area contributed by atoms with E-state index in [4.69, 9.17) is 4.42 Å². The molecule has 1 aromatic carbocycles. The van der Waals surface area contributed by atoms with Gasteiger partial charge in [0.15, 0.2) is 5.58 Å². The summed E-state index contributed by atoms with van der Waals surface area (Å²) < 4.78 is 4.95. The van der Waals surface area contributed by atoms with Crippen molar-refractivity contribution in [1.29, 1.82) is 0 Å². The molecule has 1 aliphatic rings. The second-order valence-electron chi connectivity index (χ2n) is 5.43. The van der Waals surface area contributed by atoms with E-state index in [1.54, 1.807) is 30.6 Å². The van der Waals surface area contributed by atoms with Gasteiger partial charge in [-0.3, -0.25) is 14.8 Å². The monoisotopic (exact) mass is 310 g/mol. The van der Waals surface area contributed by atoms with Gasteiger partial charge in [0.1, 0.15) is 0 Å². The lowest BCUT2D eigenvalue weighted by molar-refractivity contribution is 0.102. The Morgan fingerprint density at radius 2 is 2.22 bits per heavy atom. The van der Waals surface area contributed by atoms with Gasteiger partial charge in [-0.25, -0.2) is 4.79 Å². The second kappa shape index (κ2) is 5.36. The van der Waals surface area contributed by atoms with E-state index in [1.807, 2.05) is 0 Å². The fourth-order valence-corrected chi connectivity index (χ4v) is 2.84. The molecule has 0 bridgehead atoms. The number of hydrogen-bond acceptors (Lipinski definition) is 5. The maximum absolute atomic E-state index is 12.6. The minimum Gasteiger partial charge on any atom is -0.408 e. The maximum Gasteiger partial charge on any atom is 0.417 e. The van der Waals surface area contributed by atoms with Crippen molar-refractivity contribution in [3.63, 3.8) is 0 Å². The quantitative estimate of drug-likeness (QED) is 0.664. The molecule has 3 aromatic rings. The van der Waals surface area contributed by atoms with Crippen molar-refractivity contribution in [2.75, 3.05) is 11.9 Å². The standard InChI is InChI=1S/C16H14N4O3/c21-15(12-8-18-7-9-6-17-4-3-11(9)12)19-10-1-2-14-13(5-10)20-16(22)23-14/h1-2,5,7-8,17H,3-4,6H2,(H,19,21)(H,20,22). The zero-order valence-corrected chi connectivity index (χ0v) is 12.2. The van der Waals surface area contributed by atoms with Gasteiger partial charge in [-0.2, -0.15) is 0 Å². The third-order valence-electron chi connectivity index (χ3n) is 3.94. The summed E-state index contributed by atoms with van der Waals surface area (Å²) in [7, 11) is 0. The summed E-state index contributed by atoms with van der Waals surface area (Å²) in [6.07, 6.45) is 4.19. The SMILES string of the molecule is O=C(Nc1ccc2oc(=O)[nH]c2c1)c1cncc2c1CCNC2. The normalized spacial score (nSPS) is 13.7. The Kier molecular flexibility index (Phi) is 3.20. The summed E-state index contributed by atoms with van der Waals surface area (Å²) in [5.41, 5.74) is 4.27. The molecule has 7 nitrogen and oxygen atoms in total. The number of nitrogens with one attached hydrogen (secondary N) is 3. The van der Waals surface area contributed by atoms with E-state index in [2.05, 4.69) is 20.6 Å². The van der Waals surface area contributed by atoms with Crippen molar-refractivity contribution in [1.82, 2.24) is 15.3 Å². The van der Waals surface area contributed by atoms with E-state index in [1.165, 1.54) is 0 Å². The van der Waals surface area contributed by atoms with Gasteiger partial charge in [-0.05, 0) is 42.3 Å². The number of H-pyrrole nitrogens is 1. The van der Waals surface area contributed by atoms with Crippen LogP contribution >= 0.6 is 0 Å². The summed E-state index contributed by atoms with van der Waals surface area (Å²) in [4.78, 5) is 30.5. The van der Waals surface area contributed by atoms with Gasteiger partial charge in [0.05, 0.1) is 11.1 Å². The molecule has 1 aliphatic heterocycles. The Morgan fingerprint density at radius 3 is 3.13 bits per heavy atom. The summed E-state index contributed by atoms with van der Waals surface area (Å²) in [6.45, 7) is 1.57. The number of pyridine rings is 1. The Hall–Kier alpha value is -2.93. The molecular weight excluding hydrogens is 296 g/mol. The highest BCUT2D eigenvalue weighted by molar-refractivity contribution is 6.05. The topological polar surface area (TPSA) is 100 Å². The van der Waals surface area contributed by atoms with Crippen LogP contribution in [0.1, 0.15) is 21.5 Å². The first-order valence-corrected chi connectivity index (χ1v) is 7.31. The smallest absolute Gasteiger partial charge is 0.408 e. The Labute approximate surface area is 130 Å². The van der Waals surface area contributed by atoms with Crippen LogP contribution in [-0.2, 0) is 13.0 Å². The molecule has 7 heteroatoms. The predicted octanol–water partition coefficient (Wildman–Crippen LogP) is 1.41. The average Bonchev–Trinajstić information content (AvgIpc) is 2.93. The van der Waals surface area contributed by atoms with E-state index < -0.39 is 5.76 Å². The van der Waals surface area contributed by atoms with Crippen molar-refractivity contribution in [2.45, 2.75) is 13.0 Å². The first kappa shape index (κ1) is 13.7. The number of hydrogen-bond donors (Lipinski definition) is 3. The largest absolute Gasteiger partial charge is 0.417 e. The lowest BCUT2D eigenvalue weighted by atomic mass is 9.98. The molecule has 23 heavy (non-hydrogen) atoms. The van der Waals surface area contributed by atoms with Crippen LogP contribution in [0.5, 0.6) is 0 Å². The van der Waals surface area contributed by atoms with Gasteiger partial charge in [-0.15, -0.1) is 0 Å². The average molecular weight is 310 g/mol. The maximum atomic E-state index is 12.6. The number of benzene rings is 1. The minimum atomic E-state index is -0.516. The molecule has 0 atom stereocenters. The van der Waals surface area contributed by atoms with Gasteiger partial charge in [0, 0.05) is 24.6 Å². The molecule has 116 valence electrons. The van der Waals surface area contributed by atoms with Crippen LogP contribution in [0.4, 0.5) is 5.69 Å². The molecule has 0 fully saturated rings. The van der Waals surface area contributed by atoms with Crippen LogP contribution in [0.2, 0.25) is 0 Å². The van der Waals surface area contributed by atoms with Crippen molar-refractivity contribution in [3.8, 4) is 0 Å². The zero-order valence-electron chi connectivity index (χ0n) is 12.2. The molecule has 0 unspecified atom stereocenters. The van der Waals surface area contributed by atoms with Gasteiger partial charge in [0.25, 0.3) is 5.91 Å². The van der Waals surface area contributed by atoms with E-state index >= 15 is 0 Å². The summed E-state index contributed by atoms with van der Waals surface area (Å²) in [6, 6.07) is 5.01. The van der Waals surface area contributed by atoms with E-state index in [9.17, 15) is 9.59 Å². The van der Waals surface area contributed by atoms with Crippen molar-refractivity contribution in [2.24, 2.45) is 0 Å². The van der Waals surface area contributed by atoms with Gasteiger partial charge >= 0.3 is 5.76 Å². The molecule has 0 saturated carbocycles. The van der Waals surface area contributed by atoms with Crippen molar-refractivity contribution >= 4 is 22.7 Å². The fraction of sp³-hybridized carbons (Fsp3) is 0.188. The molecule has 0 saturated heterocycles. The lowest BCUT2D eigenvalue weighted by Gasteiger charge is -2.19. The number of rotatable bonds is 2. The number of aromatic nitrogens is 2. The van der Waals surface area contributed by atoms with E-state index in [0.717, 1.165) is 30.6 Å². The Bertz CT molecular complexity index is 957. The molecule has 0 radical (unpaired) electrons. The van der Waals surface area contributed by atoms with Crippen LogP contribution < -0.4 is 16.4 Å². The number of fused-ring (bicyclic) bond motifs is 2. The van der Waals surface area contributed by atoms with Crippen LogP contribution in [0.15, 0.2) is 39.8 Å². The number of oxazole rings is 1. The number of aromatic amines is 1.